The third-order valence-corrected chi connectivity index (χ3v) is 6.77. The van der Waals surface area contributed by atoms with E-state index in [0.29, 0.717) is 32.7 Å². The predicted molar refractivity (Wildman–Crippen MR) is 95.4 cm³/mol. The minimum Gasteiger partial charge on any atom is -0.507 e. The highest BCUT2D eigenvalue weighted by molar-refractivity contribution is 9.10. The molecule has 3 rings (SSSR count). The average molecular weight is 430 g/mol. The standard InChI is InChI=1S/C17H18BrFN2O3S/c18-14-1-6-17(22)13(11-14)12-20-7-9-21(10-8-20)25(23,24)16-4-2-15(19)3-5-16/h1-6,11,22H,7-10,12H2/p+1. The van der Waals surface area contributed by atoms with Crippen molar-refractivity contribution in [1.29, 1.82) is 0 Å². The molecule has 0 spiro atoms. The first-order valence-electron chi connectivity index (χ1n) is 7.93. The van der Waals surface area contributed by atoms with Crippen LogP contribution >= 0.6 is 15.9 Å². The predicted octanol–water partition coefficient (Wildman–Crippen LogP) is 1.38. The molecular formula is C17H19BrFN2O3S+. The first kappa shape index (κ1) is 18.3. The lowest BCUT2D eigenvalue weighted by Gasteiger charge is -2.31. The SMILES string of the molecule is O=S(=O)(c1ccc(F)cc1)N1CC[NH+](Cc2cc(Br)ccc2O)CC1. The molecule has 134 valence electrons. The summed E-state index contributed by atoms with van der Waals surface area (Å²) in [6, 6.07) is 10.2. The Bertz CT molecular complexity index is 851. The van der Waals surface area contributed by atoms with E-state index in [9.17, 15) is 17.9 Å². The zero-order chi connectivity index (χ0) is 18.0. The molecule has 1 saturated heterocycles. The second kappa shape index (κ2) is 7.41. The van der Waals surface area contributed by atoms with Crippen LogP contribution in [0.25, 0.3) is 0 Å². The number of hydrogen-bond donors (Lipinski definition) is 2. The van der Waals surface area contributed by atoms with Crippen molar-refractivity contribution >= 4 is 26.0 Å². The molecule has 0 saturated carbocycles. The highest BCUT2D eigenvalue weighted by Crippen LogP contribution is 2.21. The summed E-state index contributed by atoms with van der Waals surface area (Å²) in [5, 5.41) is 9.95. The first-order valence-corrected chi connectivity index (χ1v) is 10.2. The summed E-state index contributed by atoms with van der Waals surface area (Å²) < 4.78 is 40.6. The van der Waals surface area contributed by atoms with Crippen LogP contribution in [0.4, 0.5) is 4.39 Å². The van der Waals surface area contributed by atoms with Crippen molar-refractivity contribution < 1.29 is 22.8 Å². The van der Waals surface area contributed by atoms with Crippen molar-refractivity contribution in [3.05, 3.63) is 58.3 Å². The Balaban J connectivity index is 1.65. The molecule has 2 aromatic carbocycles. The molecule has 5 nitrogen and oxygen atoms in total. The van der Waals surface area contributed by atoms with Crippen LogP contribution in [0.2, 0.25) is 0 Å². The zero-order valence-corrected chi connectivity index (χ0v) is 15.9. The number of piperazine rings is 1. The van der Waals surface area contributed by atoms with Crippen molar-refractivity contribution in [3.8, 4) is 5.75 Å². The molecule has 1 fully saturated rings. The van der Waals surface area contributed by atoms with Crippen molar-refractivity contribution in [2.75, 3.05) is 26.2 Å². The Morgan fingerprint density at radius 2 is 1.76 bits per heavy atom. The van der Waals surface area contributed by atoms with E-state index >= 15 is 0 Å². The summed E-state index contributed by atoms with van der Waals surface area (Å²) >= 11 is 3.39. The highest BCUT2D eigenvalue weighted by atomic mass is 79.9. The summed E-state index contributed by atoms with van der Waals surface area (Å²) in [7, 11) is -3.59. The van der Waals surface area contributed by atoms with Crippen molar-refractivity contribution in [2.45, 2.75) is 11.4 Å². The van der Waals surface area contributed by atoms with Gasteiger partial charge in [-0.1, -0.05) is 15.9 Å². The minimum atomic E-state index is -3.59. The van der Waals surface area contributed by atoms with Gasteiger partial charge < -0.3 is 10.0 Å². The van der Waals surface area contributed by atoms with Crippen LogP contribution in [-0.2, 0) is 16.6 Å². The van der Waals surface area contributed by atoms with Crippen LogP contribution in [0.15, 0.2) is 51.8 Å². The fourth-order valence-electron chi connectivity index (χ4n) is 2.94. The normalized spacial score (nSPS) is 16.9. The molecule has 0 unspecified atom stereocenters. The highest BCUT2D eigenvalue weighted by Gasteiger charge is 2.30. The molecule has 0 radical (unpaired) electrons. The molecule has 0 aliphatic carbocycles. The van der Waals surface area contributed by atoms with E-state index in [2.05, 4.69) is 15.9 Å². The lowest BCUT2D eigenvalue weighted by atomic mass is 10.2. The minimum absolute atomic E-state index is 0.113. The molecule has 1 heterocycles. The van der Waals surface area contributed by atoms with E-state index in [1.54, 1.807) is 12.1 Å². The lowest BCUT2D eigenvalue weighted by Crippen LogP contribution is -3.13. The average Bonchev–Trinajstić information content (AvgIpc) is 2.59. The number of nitrogens with zero attached hydrogens (tertiary/aromatic N) is 1. The fourth-order valence-corrected chi connectivity index (χ4v) is 4.79. The number of hydrogen-bond acceptors (Lipinski definition) is 3. The third kappa shape index (κ3) is 4.20. The summed E-state index contributed by atoms with van der Waals surface area (Å²) in [4.78, 5) is 1.32. The molecule has 0 aromatic heterocycles. The maximum atomic E-state index is 13.0. The number of sulfonamides is 1. The third-order valence-electron chi connectivity index (χ3n) is 4.36. The molecule has 0 bridgehead atoms. The summed E-state index contributed by atoms with van der Waals surface area (Å²) in [5.74, 6) is -0.209. The number of benzene rings is 2. The number of nitrogens with one attached hydrogen (secondary N) is 1. The Morgan fingerprint density at radius 3 is 2.40 bits per heavy atom. The maximum absolute atomic E-state index is 13.0. The maximum Gasteiger partial charge on any atom is 0.243 e. The largest absolute Gasteiger partial charge is 0.507 e. The van der Waals surface area contributed by atoms with Crippen LogP contribution in [0.3, 0.4) is 0 Å². The van der Waals surface area contributed by atoms with Crippen LogP contribution in [-0.4, -0.2) is 44.0 Å². The smallest absolute Gasteiger partial charge is 0.243 e. The number of rotatable bonds is 4. The van der Waals surface area contributed by atoms with E-state index in [1.807, 2.05) is 6.07 Å². The van der Waals surface area contributed by atoms with Gasteiger partial charge in [-0.15, -0.1) is 0 Å². The van der Waals surface area contributed by atoms with Gasteiger partial charge >= 0.3 is 0 Å². The van der Waals surface area contributed by atoms with E-state index < -0.39 is 15.8 Å². The van der Waals surface area contributed by atoms with Gasteiger partial charge in [-0.25, -0.2) is 12.8 Å². The summed E-state index contributed by atoms with van der Waals surface area (Å²) in [6.07, 6.45) is 0. The van der Waals surface area contributed by atoms with E-state index in [0.717, 1.165) is 22.2 Å². The van der Waals surface area contributed by atoms with Gasteiger partial charge in [-0.05, 0) is 42.5 Å². The summed E-state index contributed by atoms with van der Waals surface area (Å²) in [6.45, 7) is 2.71. The Morgan fingerprint density at radius 1 is 1.12 bits per heavy atom. The van der Waals surface area contributed by atoms with Crippen LogP contribution in [0.5, 0.6) is 5.75 Å². The second-order valence-electron chi connectivity index (χ2n) is 6.06. The van der Waals surface area contributed by atoms with Gasteiger partial charge in [-0.2, -0.15) is 4.31 Å². The van der Waals surface area contributed by atoms with E-state index in [1.165, 1.54) is 21.3 Å². The van der Waals surface area contributed by atoms with Gasteiger partial charge in [0, 0.05) is 10.0 Å². The fraction of sp³-hybridized carbons (Fsp3) is 0.294. The molecular weight excluding hydrogens is 411 g/mol. The van der Waals surface area contributed by atoms with Crippen molar-refractivity contribution in [1.82, 2.24) is 4.31 Å². The molecule has 2 N–H and O–H groups in total. The Kier molecular flexibility index (Phi) is 5.43. The van der Waals surface area contributed by atoms with Gasteiger partial charge in [0.2, 0.25) is 10.0 Å². The van der Waals surface area contributed by atoms with Crippen LogP contribution in [0.1, 0.15) is 5.56 Å². The summed E-state index contributed by atoms with van der Waals surface area (Å²) in [5.41, 5.74) is 0.833. The van der Waals surface area contributed by atoms with Crippen LogP contribution in [0, 0.1) is 5.82 Å². The molecule has 1 aliphatic rings. The molecule has 8 heteroatoms. The Labute approximate surface area is 154 Å². The Hall–Kier alpha value is -1.48. The van der Waals surface area contributed by atoms with Gasteiger partial charge in [0.05, 0.1) is 31.1 Å². The lowest BCUT2D eigenvalue weighted by molar-refractivity contribution is -0.917. The molecule has 25 heavy (non-hydrogen) atoms. The number of quaternary nitrogens is 1. The van der Waals surface area contributed by atoms with Crippen LogP contribution < -0.4 is 4.90 Å². The topological polar surface area (TPSA) is 62.0 Å². The van der Waals surface area contributed by atoms with Crippen molar-refractivity contribution in [3.63, 3.8) is 0 Å². The van der Waals surface area contributed by atoms with Gasteiger partial charge in [0.15, 0.2) is 0 Å². The van der Waals surface area contributed by atoms with Gasteiger partial charge in [0.25, 0.3) is 0 Å². The number of phenols is 1. The second-order valence-corrected chi connectivity index (χ2v) is 8.91. The zero-order valence-electron chi connectivity index (χ0n) is 13.5. The molecule has 0 amide bonds. The molecule has 0 atom stereocenters. The molecule has 1 aliphatic heterocycles. The van der Waals surface area contributed by atoms with Crippen molar-refractivity contribution in [2.24, 2.45) is 0 Å². The van der Waals surface area contributed by atoms with E-state index in [4.69, 9.17) is 0 Å². The number of phenolic OH excluding ortho intramolecular Hbond substituents is 1. The number of halogens is 2. The first-order chi connectivity index (χ1) is 11.9. The molecule has 2 aromatic rings. The van der Waals surface area contributed by atoms with Gasteiger partial charge in [-0.3, -0.25) is 0 Å². The number of aromatic hydroxyl groups is 1. The quantitative estimate of drug-likeness (QED) is 0.771. The monoisotopic (exact) mass is 429 g/mol. The van der Waals surface area contributed by atoms with Gasteiger partial charge in [0.1, 0.15) is 18.1 Å². The van der Waals surface area contributed by atoms with E-state index in [-0.39, 0.29) is 10.6 Å².